The molecule has 0 spiro atoms. The molecule has 4 rings (SSSR count). The van der Waals surface area contributed by atoms with Crippen LogP contribution in [0, 0.1) is 29.1 Å². The summed E-state index contributed by atoms with van der Waals surface area (Å²) < 4.78 is 0. The van der Waals surface area contributed by atoms with Crippen molar-refractivity contribution in [2.45, 2.75) is 111 Å². The van der Waals surface area contributed by atoms with Crippen molar-refractivity contribution in [3.63, 3.8) is 0 Å². The number of carbonyl (C=O) groups excluding carboxylic acids is 4. The van der Waals surface area contributed by atoms with Crippen LogP contribution in [-0.2, 0) is 38.4 Å². The summed E-state index contributed by atoms with van der Waals surface area (Å²) in [6, 6.07) is 25.9. The maximum atomic E-state index is 14.3. The standard InChI is InChI=1S/C45H57ClN2O4S/c1-30(2)24-39(47-43(51)35(19-16-32-12-8-6-9-13-32)28-38(53)27-34-17-20-37(46)21-18-34)41(49)29-36(26-33-14-10-7-11-15-33)44(52)48-40(25-31(3)4)42(50)45(5)22-23-45/h6-15,17-18,20-21,30-31,35-36,39-40H,16,19,22-29H2,1-5H3,(H,47,51)(H,48,52)/t35?,36-,39+,40+/m1/s1. The molecule has 8 heteroatoms. The lowest BCUT2D eigenvalue weighted by Gasteiger charge is -2.27. The van der Waals surface area contributed by atoms with E-state index in [0.717, 1.165) is 34.4 Å². The third-order valence-corrected chi connectivity index (χ3v) is 10.8. The summed E-state index contributed by atoms with van der Waals surface area (Å²) in [5.74, 6) is -1.43. The van der Waals surface area contributed by atoms with Gasteiger partial charge in [0.2, 0.25) is 11.8 Å². The first-order valence-corrected chi connectivity index (χ1v) is 20.0. The number of ketones is 2. The van der Waals surface area contributed by atoms with Crippen molar-refractivity contribution >= 4 is 52.1 Å². The first-order chi connectivity index (χ1) is 25.2. The fraction of sp³-hybridized carbons (Fsp3) is 0.489. The van der Waals surface area contributed by atoms with E-state index in [0.29, 0.717) is 50.0 Å². The van der Waals surface area contributed by atoms with Crippen LogP contribution in [0.25, 0.3) is 0 Å². The van der Waals surface area contributed by atoms with Gasteiger partial charge in [0.1, 0.15) is 0 Å². The van der Waals surface area contributed by atoms with Crippen molar-refractivity contribution in [2.24, 2.45) is 29.1 Å². The average molecular weight is 757 g/mol. The van der Waals surface area contributed by atoms with E-state index in [-0.39, 0.29) is 41.6 Å². The lowest BCUT2D eigenvalue weighted by molar-refractivity contribution is -0.135. The van der Waals surface area contributed by atoms with Gasteiger partial charge in [-0.2, -0.15) is 0 Å². The van der Waals surface area contributed by atoms with Gasteiger partial charge < -0.3 is 10.6 Å². The number of Topliss-reactive ketones (excluding diaryl/α,β-unsaturated/α-hetero) is 2. The van der Waals surface area contributed by atoms with Gasteiger partial charge in [-0.25, -0.2) is 0 Å². The summed E-state index contributed by atoms with van der Waals surface area (Å²) in [6.07, 6.45) is 5.16. The van der Waals surface area contributed by atoms with Gasteiger partial charge in [-0.05, 0) is 96.9 Å². The minimum absolute atomic E-state index is 0.0537. The van der Waals surface area contributed by atoms with Crippen LogP contribution in [0.5, 0.6) is 0 Å². The summed E-state index contributed by atoms with van der Waals surface area (Å²) in [6.45, 7) is 10.1. The Balaban J connectivity index is 1.53. The SMILES string of the molecule is CC(C)C[C@H](NC(=O)C(CCc1ccccc1)CC(=S)Cc1ccc(Cl)cc1)C(=O)C[C@@H](Cc1ccccc1)C(=O)N[C@@H](CC(C)C)C(=O)C1(C)CC1. The number of nitrogens with one attached hydrogen (secondary N) is 2. The highest BCUT2D eigenvalue weighted by Crippen LogP contribution is 2.47. The van der Waals surface area contributed by atoms with E-state index >= 15 is 0 Å². The van der Waals surface area contributed by atoms with Gasteiger partial charge >= 0.3 is 0 Å². The molecule has 2 amide bonds. The number of amides is 2. The van der Waals surface area contributed by atoms with Gasteiger partial charge in [0.25, 0.3) is 0 Å². The zero-order valence-electron chi connectivity index (χ0n) is 32.0. The predicted molar refractivity (Wildman–Crippen MR) is 219 cm³/mol. The summed E-state index contributed by atoms with van der Waals surface area (Å²) in [5.41, 5.74) is 2.70. The van der Waals surface area contributed by atoms with Crippen LogP contribution < -0.4 is 10.6 Å². The van der Waals surface area contributed by atoms with E-state index < -0.39 is 29.3 Å². The lowest BCUT2D eigenvalue weighted by atomic mass is 9.87. The van der Waals surface area contributed by atoms with Crippen LogP contribution in [0.2, 0.25) is 5.02 Å². The minimum Gasteiger partial charge on any atom is -0.346 e. The summed E-state index contributed by atoms with van der Waals surface area (Å²) in [4.78, 5) is 56.8. The molecule has 1 fully saturated rings. The molecule has 0 heterocycles. The molecule has 1 unspecified atom stereocenters. The third kappa shape index (κ3) is 13.9. The predicted octanol–water partition coefficient (Wildman–Crippen LogP) is 9.14. The van der Waals surface area contributed by atoms with Crippen LogP contribution >= 0.6 is 23.8 Å². The molecule has 4 atom stereocenters. The van der Waals surface area contributed by atoms with Crippen molar-refractivity contribution in [3.05, 3.63) is 107 Å². The van der Waals surface area contributed by atoms with Gasteiger partial charge in [-0.1, -0.05) is 131 Å². The number of aryl methyl sites for hydroxylation is 1. The van der Waals surface area contributed by atoms with E-state index in [2.05, 4.69) is 10.6 Å². The number of thiocarbonyl (C=S) groups is 1. The maximum Gasteiger partial charge on any atom is 0.224 e. The Kier molecular flexibility index (Phi) is 16.0. The van der Waals surface area contributed by atoms with Gasteiger partial charge in [0.05, 0.1) is 12.1 Å². The monoisotopic (exact) mass is 756 g/mol. The van der Waals surface area contributed by atoms with E-state index in [1.54, 1.807) is 0 Å². The molecule has 3 aromatic carbocycles. The largest absolute Gasteiger partial charge is 0.346 e. The Hall–Kier alpha value is -3.68. The average Bonchev–Trinajstić information content (AvgIpc) is 3.88. The normalized spacial score (nSPS) is 15.6. The van der Waals surface area contributed by atoms with Crippen molar-refractivity contribution in [1.29, 1.82) is 0 Å². The Morgan fingerprint density at radius 2 is 1.23 bits per heavy atom. The lowest BCUT2D eigenvalue weighted by Crippen LogP contribution is -2.49. The van der Waals surface area contributed by atoms with Gasteiger partial charge in [0.15, 0.2) is 11.6 Å². The molecule has 1 aliphatic carbocycles. The first kappa shape index (κ1) is 42.1. The molecular weight excluding hydrogens is 700 g/mol. The second kappa shape index (κ2) is 20.1. The number of carbonyl (C=O) groups is 4. The third-order valence-electron chi connectivity index (χ3n) is 10.3. The molecule has 1 aliphatic rings. The number of benzene rings is 3. The second-order valence-corrected chi connectivity index (χ2v) is 17.1. The molecule has 2 N–H and O–H groups in total. The number of hydrogen-bond acceptors (Lipinski definition) is 5. The van der Waals surface area contributed by atoms with E-state index in [1.165, 1.54) is 0 Å². The van der Waals surface area contributed by atoms with Crippen molar-refractivity contribution in [3.8, 4) is 0 Å². The number of hydrogen-bond donors (Lipinski definition) is 2. The van der Waals surface area contributed by atoms with Crippen molar-refractivity contribution < 1.29 is 19.2 Å². The second-order valence-electron chi connectivity index (χ2n) is 16.1. The van der Waals surface area contributed by atoms with Crippen LogP contribution in [-0.4, -0.2) is 40.3 Å². The van der Waals surface area contributed by atoms with E-state index in [1.807, 2.05) is 120 Å². The van der Waals surface area contributed by atoms with Crippen LogP contribution in [0.1, 0.15) is 96.3 Å². The van der Waals surface area contributed by atoms with Crippen LogP contribution in [0.15, 0.2) is 84.9 Å². The Morgan fingerprint density at radius 1 is 0.698 bits per heavy atom. The Morgan fingerprint density at radius 3 is 1.79 bits per heavy atom. The first-order valence-electron chi connectivity index (χ1n) is 19.2. The van der Waals surface area contributed by atoms with Crippen molar-refractivity contribution in [1.82, 2.24) is 10.6 Å². The molecular formula is C45H57ClN2O4S. The van der Waals surface area contributed by atoms with Gasteiger partial charge in [-0.15, -0.1) is 0 Å². The molecule has 0 aromatic heterocycles. The highest BCUT2D eigenvalue weighted by atomic mass is 35.5. The smallest absolute Gasteiger partial charge is 0.224 e. The fourth-order valence-electron chi connectivity index (χ4n) is 6.91. The molecule has 3 aromatic rings. The Bertz CT molecular complexity index is 1670. The summed E-state index contributed by atoms with van der Waals surface area (Å²) >= 11 is 11.9. The van der Waals surface area contributed by atoms with Crippen LogP contribution in [0.3, 0.4) is 0 Å². The fourth-order valence-corrected chi connectivity index (χ4v) is 7.40. The quantitative estimate of drug-likeness (QED) is 0.0999. The molecule has 1 saturated carbocycles. The number of rotatable bonds is 22. The molecule has 53 heavy (non-hydrogen) atoms. The Labute approximate surface area is 327 Å². The van der Waals surface area contributed by atoms with Gasteiger partial charge in [0, 0.05) is 35.1 Å². The zero-order chi connectivity index (χ0) is 38.5. The molecule has 0 saturated heterocycles. The van der Waals surface area contributed by atoms with Gasteiger partial charge in [-0.3, -0.25) is 19.2 Å². The molecule has 6 nitrogen and oxygen atoms in total. The van der Waals surface area contributed by atoms with E-state index in [4.69, 9.17) is 23.8 Å². The molecule has 0 bridgehead atoms. The highest BCUT2D eigenvalue weighted by Gasteiger charge is 2.48. The minimum atomic E-state index is -0.767. The van der Waals surface area contributed by atoms with E-state index in [9.17, 15) is 19.2 Å². The summed E-state index contributed by atoms with van der Waals surface area (Å²) in [5, 5.41) is 6.87. The molecule has 284 valence electrons. The van der Waals surface area contributed by atoms with Crippen molar-refractivity contribution in [2.75, 3.05) is 0 Å². The zero-order valence-corrected chi connectivity index (χ0v) is 33.6. The highest BCUT2D eigenvalue weighted by molar-refractivity contribution is 7.80. The summed E-state index contributed by atoms with van der Waals surface area (Å²) in [7, 11) is 0. The maximum absolute atomic E-state index is 14.3. The molecule has 0 radical (unpaired) electrons. The number of halogens is 1. The topological polar surface area (TPSA) is 92.3 Å². The van der Waals surface area contributed by atoms with Crippen LogP contribution in [0.4, 0.5) is 0 Å². The molecule has 0 aliphatic heterocycles.